The molecule has 72 valence electrons. The molecule has 1 atom stereocenters. The Morgan fingerprint density at radius 3 is 2.92 bits per heavy atom. The van der Waals surface area contributed by atoms with E-state index in [0.29, 0.717) is 0 Å². The summed E-state index contributed by atoms with van der Waals surface area (Å²) in [6, 6.07) is -0.176. The summed E-state index contributed by atoms with van der Waals surface area (Å²) in [6.07, 6.45) is 3.39. The van der Waals surface area contributed by atoms with Crippen molar-refractivity contribution >= 4 is 5.97 Å². The van der Waals surface area contributed by atoms with Crippen LogP contribution >= 0.6 is 0 Å². The van der Waals surface area contributed by atoms with Crippen molar-refractivity contribution in [3.8, 4) is 0 Å². The van der Waals surface area contributed by atoms with E-state index in [0.717, 1.165) is 5.69 Å². The third kappa shape index (κ3) is 2.29. The fourth-order valence-electron chi connectivity index (χ4n) is 1.23. The maximum absolute atomic E-state index is 10.5. The van der Waals surface area contributed by atoms with Gasteiger partial charge in [-0.05, 0) is 7.05 Å². The van der Waals surface area contributed by atoms with Crippen molar-refractivity contribution in [1.29, 1.82) is 0 Å². The Morgan fingerprint density at radius 1 is 1.85 bits per heavy atom. The summed E-state index contributed by atoms with van der Waals surface area (Å²) in [6.45, 7) is 0. The standard InChI is InChI=1S/C8H13N3O2/c1-9-6(3-8(12)13)7-4-10-5-11(7)2/h4-6,9H,3H2,1-2H3,(H,12,13). The first-order chi connectivity index (χ1) is 6.15. The lowest BCUT2D eigenvalue weighted by Crippen LogP contribution is -2.21. The normalized spacial score (nSPS) is 12.8. The number of imidazole rings is 1. The van der Waals surface area contributed by atoms with E-state index >= 15 is 0 Å². The first-order valence-electron chi connectivity index (χ1n) is 4.00. The van der Waals surface area contributed by atoms with Crippen molar-refractivity contribution in [2.45, 2.75) is 12.5 Å². The maximum atomic E-state index is 10.5. The Hall–Kier alpha value is -1.36. The predicted octanol–water partition coefficient (Wildman–Crippen LogP) is 0.155. The molecule has 0 aliphatic carbocycles. The number of aromatic nitrogens is 2. The van der Waals surface area contributed by atoms with Gasteiger partial charge < -0.3 is 15.0 Å². The van der Waals surface area contributed by atoms with Crippen molar-refractivity contribution in [1.82, 2.24) is 14.9 Å². The molecule has 0 saturated heterocycles. The van der Waals surface area contributed by atoms with Crippen LogP contribution in [-0.4, -0.2) is 27.7 Å². The summed E-state index contributed by atoms with van der Waals surface area (Å²) in [5, 5.41) is 11.6. The molecule has 0 aliphatic heterocycles. The molecule has 0 aromatic carbocycles. The number of nitrogens with one attached hydrogen (secondary N) is 1. The van der Waals surface area contributed by atoms with Crippen LogP contribution in [-0.2, 0) is 11.8 Å². The zero-order valence-electron chi connectivity index (χ0n) is 7.69. The van der Waals surface area contributed by atoms with Crippen LogP contribution in [0, 0.1) is 0 Å². The molecule has 1 aromatic heterocycles. The molecule has 1 aromatic rings. The lowest BCUT2D eigenvalue weighted by molar-refractivity contribution is -0.137. The quantitative estimate of drug-likeness (QED) is 0.697. The minimum absolute atomic E-state index is 0.0655. The average Bonchev–Trinajstić information content (AvgIpc) is 2.47. The highest BCUT2D eigenvalue weighted by Crippen LogP contribution is 2.14. The molecule has 0 saturated carbocycles. The van der Waals surface area contributed by atoms with E-state index in [1.54, 1.807) is 19.6 Å². The first kappa shape index (κ1) is 9.73. The SMILES string of the molecule is CNC(CC(=O)O)c1cncn1C. The second-order valence-corrected chi connectivity index (χ2v) is 2.87. The van der Waals surface area contributed by atoms with E-state index in [1.165, 1.54) is 0 Å². The number of aryl methyl sites for hydroxylation is 1. The number of carbonyl (C=O) groups is 1. The zero-order chi connectivity index (χ0) is 9.84. The largest absolute Gasteiger partial charge is 0.481 e. The number of hydrogen-bond acceptors (Lipinski definition) is 3. The first-order valence-corrected chi connectivity index (χ1v) is 4.00. The molecule has 5 nitrogen and oxygen atoms in total. The van der Waals surface area contributed by atoms with Crippen LogP contribution in [0.3, 0.4) is 0 Å². The van der Waals surface area contributed by atoms with E-state index in [1.807, 2.05) is 11.6 Å². The van der Waals surface area contributed by atoms with Gasteiger partial charge in [-0.2, -0.15) is 0 Å². The van der Waals surface area contributed by atoms with Gasteiger partial charge in [0.05, 0.1) is 24.5 Å². The second kappa shape index (κ2) is 4.04. The third-order valence-electron chi connectivity index (χ3n) is 1.94. The van der Waals surface area contributed by atoms with E-state index in [9.17, 15) is 4.79 Å². The van der Waals surface area contributed by atoms with Gasteiger partial charge in [0.1, 0.15) is 0 Å². The van der Waals surface area contributed by atoms with Crippen LogP contribution in [0.4, 0.5) is 0 Å². The van der Waals surface area contributed by atoms with Gasteiger partial charge in [0.2, 0.25) is 0 Å². The Labute approximate surface area is 76.4 Å². The third-order valence-corrected chi connectivity index (χ3v) is 1.94. The topological polar surface area (TPSA) is 67.2 Å². The van der Waals surface area contributed by atoms with Crippen LogP contribution in [0.1, 0.15) is 18.2 Å². The molecule has 13 heavy (non-hydrogen) atoms. The number of carboxylic acids is 1. The fourth-order valence-corrected chi connectivity index (χ4v) is 1.23. The molecule has 0 spiro atoms. The number of aliphatic carboxylic acids is 1. The highest BCUT2D eigenvalue weighted by Gasteiger charge is 2.15. The Balaban J connectivity index is 2.78. The predicted molar refractivity (Wildman–Crippen MR) is 47.3 cm³/mol. The fraction of sp³-hybridized carbons (Fsp3) is 0.500. The van der Waals surface area contributed by atoms with Crippen LogP contribution in [0.15, 0.2) is 12.5 Å². The molecule has 1 unspecified atom stereocenters. The Bertz CT molecular complexity index is 295. The van der Waals surface area contributed by atoms with Crippen LogP contribution in [0.25, 0.3) is 0 Å². The zero-order valence-corrected chi connectivity index (χ0v) is 7.69. The molecule has 2 N–H and O–H groups in total. The van der Waals surface area contributed by atoms with Gasteiger partial charge in [-0.1, -0.05) is 0 Å². The van der Waals surface area contributed by atoms with Crippen LogP contribution < -0.4 is 5.32 Å². The highest BCUT2D eigenvalue weighted by molar-refractivity contribution is 5.67. The number of rotatable bonds is 4. The lowest BCUT2D eigenvalue weighted by atomic mass is 10.1. The van der Waals surface area contributed by atoms with E-state index in [4.69, 9.17) is 5.11 Å². The van der Waals surface area contributed by atoms with E-state index in [-0.39, 0.29) is 12.5 Å². The number of carboxylic acid groups (broad SMARTS) is 1. The van der Waals surface area contributed by atoms with Gasteiger partial charge in [0.15, 0.2) is 0 Å². The molecule has 0 radical (unpaired) electrons. The second-order valence-electron chi connectivity index (χ2n) is 2.87. The van der Waals surface area contributed by atoms with E-state index < -0.39 is 5.97 Å². The molecule has 5 heteroatoms. The van der Waals surface area contributed by atoms with Gasteiger partial charge in [0, 0.05) is 13.2 Å². The van der Waals surface area contributed by atoms with Crippen molar-refractivity contribution in [2.24, 2.45) is 7.05 Å². The molecular formula is C8H13N3O2. The van der Waals surface area contributed by atoms with Gasteiger partial charge in [-0.15, -0.1) is 0 Å². The van der Waals surface area contributed by atoms with Crippen molar-refractivity contribution < 1.29 is 9.90 Å². The molecule has 0 aliphatic rings. The van der Waals surface area contributed by atoms with Gasteiger partial charge in [-0.3, -0.25) is 4.79 Å². The van der Waals surface area contributed by atoms with Gasteiger partial charge in [-0.25, -0.2) is 4.98 Å². The minimum Gasteiger partial charge on any atom is -0.481 e. The molecule has 1 heterocycles. The monoisotopic (exact) mass is 183 g/mol. The van der Waals surface area contributed by atoms with Crippen LogP contribution in [0.5, 0.6) is 0 Å². The molecular weight excluding hydrogens is 170 g/mol. The van der Waals surface area contributed by atoms with Crippen molar-refractivity contribution in [3.63, 3.8) is 0 Å². The van der Waals surface area contributed by atoms with Crippen molar-refractivity contribution in [3.05, 3.63) is 18.2 Å². The molecule has 1 rings (SSSR count). The van der Waals surface area contributed by atoms with Gasteiger partial charge in [0.25, 0.3) is 0 Å². The summed E-state index contributed by atoms with van der Waals surface area (Å²) in [4.78, 5) is 14.4. The van der Waals surface area contributed by atoms with Gasteiger partial charge >= 0.3 is 5.97 Å². The maximum Gasteiger partial charge on any atom is 0.305 e. The number of nitrogens with zero attached hydrogens (tertiary/aromatic N) is 2. The Kier molecular flexibility index (Phi) is 3.02. The summed E-state index contributed by atoms with van der Waals surface area (Å²) in [5.74, 6) is -0.819. The average molecular weight is 183 g/mol. The summed E-state index contributed by atoms with van der Waals surface area (Å²) >= 11 is 0. The smallest absolute Gasteiger partial charge is 0.305 e. The summed E-state index contributed by atoms with van der Waals surface area (Å²) in [7, 11) is 3.58. The molecule has 0 bridgehead atoms. The minimum atomic E-state index is -0.819. The molecule has 0 amide bonds. The van der Waals surface area contributed by atoms with E-state index in [2.05, 4.69) is 10.3 Å². The molecule has 0 fully saturated rings. The van der Waals surface area contributed by atoms with Crippen LogP contribution in [0.2, 0.25) is 0 Å². The van der Waals surface area contributed by atoms with Crippen molar-refractivity contribution in [2.75, 3.05) is 7.05 Å². The highest BCUT2D eigenvalue weighted by atomic mass is 16.4. The summed E-state index contributed by atoms with van der Waals surface area (Å²) < 4.78 is 1.81. The lowest BCUT2D eigenvalue weighted by Gasteiger charge is -2.13. The Morgan fingerprint density at radius 2 is 2.54 bits per heavy atom. The summed E-state index contributed by atoms with van der Waals surface area (Å²) in [5.41, 5.74) is 0.880. The number of hydrogen-bond donors (Lipinski definition) is 2.